The summed E-state index contributed by atoms with van der Waals surface area (Å²) in [5.41, 5.74) is 0.155. The molecule has 1 aliphatic heterocycles. The van der Waals surface area contributed by atoms with Crippen LogP contribution in [-0.4, -0.2) is 24.0 Å². The molecule has 1 heterocycles. The first kappa shape index (κ1) is 17.9. The minimum absolute atomic E-state index is 0.0131. The van der Waals surface area contributed by atoms with Crippen LogP contribution in [0.3, 0.4) is 0 Å². The Labute approximate surface area is 156 Å². The summed E-state index contributed by atoms with van der Waals surface area (Å²) >= 11 is 0. The smallest absolute Gasteiger partial charge is 0.306 e. The average molecular weight is 357 g/mol. The van der Waals surface area contributed by atoms with Crippen LogP contribution >= 0.6 is 0 Å². The van der Waals surface area contributed by atoms with E-state index in [1.54, 1.807) is 0 Å². The minimum atomic E-state index is -0.298. The number of amides is 1. The molecule has 1 amide bonds. The van der Waals surface area contributed by atoms with Crippen molar-refractivity contribution < 1.29 is 14.3 Å². The molecule has 3 saturated carbocycles. The summed E-state index contributed by atoms with van der Waals surface area (Å²) in [6.45, 7) is 5.30. The first-order valence-electron chi connectivity index (χ1n) is 10.3. The molecule has 3 unspecified atom stereocenters. The number of hydrogen-bond donors (Lipinski definition) is 1. The first-order chi connectivity index (χ1) is 12.3. The fraction of sp³-hybridized carbons (Fsp3) is 0.818. The molecular formula is C22H31NO3. The number of terminal acetylenes is 1. The predicted octanol–water partition coefficient (Wildman–Crippen LogP) is 3.44. The summed E-state index contributed by atoms with van der Waals surface area (Å²) in [4.78, 5) is 23.9. The number of esters is 1. The molecule has 4 nitrogen and oxygen atoms in total. The van der Waals surface area contributed by atoms with Crippen molar-refractivity contribution in [3.63, 3.8) is 0 Å². The van der Waals surface area contributed by atoms with Crippen LogP contribution in [0.1, 0.15) is 71.6 Å². The standard InChI is InChI=1S/C22H31NO3/c1-4-18(24)23-13-15-6-5-9-21(3)16(15)7-11-22-12-19(25)26-20(2,14-22)10-8-17(21)22/h1,15-17H,5-14H2,2-3H3,(H,23,24)/t15-,16?,17?,20-,21+,22?/m0/s1. The lowest BCUT2D eigenvalue weighted by Crippen LogP contribution is -2.62. The fourth-order valence-electron chi connectivity index (χ4n) is 7.59. The topological polar surface area (TPSA) is 55.4 Å². The van der Waals surface area contributed by atoms with Gasteiger partial charge in [-0.15, -0.1) is 6.42 Å². The van der Waals surface area contributed by atoms with Gasteiger partial charge in [0, 0.05) is 6.54 Å². The Balaban J connectivity index is 1.59. The SMILES string of the molecule is C#CC(=O)NC[C@@H]1CCC[C@]2(C)C1CCC13CC(=O)O[C@@](C)(CCC12)C3. The van der Waals surface area contributed by atoms with E-state index in [4.69, 9.17) is 11.2 Å². The highest BCUT2D eigenvalue weighted by molar-refractivity contribution is 5.92. The molecule has 1 spiro atoms. The van der Waals surface area contributed by atoms with E-state index in [1.165, 1.54) is 25.7 Å². The first-order valence-corrected chi connectivity index (χ1v) is 10.3. The van der Waals surface area contributed by atoms with E-state index in [0.717, 1.165) is 25.7 Å². The van der Waals surface area contributed by atoms with E-state index in [1.807, 2.05) is 0 Å². The number of ether oxygens (including phenoxy) is 1. The van der Waals surface area contributed by atoms with Crippen molar-refractivity contribution in [2.45, 2.75) is 77.2 Å². The molecule has 0 aromatic carbocycles. The fourth-order valence-corrected chi connectivity index (χ4v) is 7.59. The van der Waals surface area contributed by atoms with E-state index >= 15 is 0 Å². The Morgan fingerprint density at radius 1 is 1.27 bits per heavy atom. The van der Waals surface area contributed by atoms with Gasteiger partial charge in [-0.1, -0.05) is 13.3 Å². The highest BCUT2D eigenvalue weighted by Crippen LogP contribution is 2.68. The zero-order chi connectivity index (χ0) is 18.6. The molecule has 26 heavy (non-hydrogen) atoms. The van der Waals surface area contributed by atoms with E-state index < -0.39 is 0 Å². The maximum absolute atomic E-state index is 12.4. The summed E-state index contributed by atoms with van der Waals surface area (Å²) in [5, 5.41) is 2.93. The molecule has 4 fully saturated rings. The molecule has 2 bridgehead atoms. The number of carbonyl (C=O) groups excluding carboxylic acids is 2. The molecule has 0 radical (unpaired) electrons. The van der Waals surface area contributed by atoms with Gasteiger partial charge < -0.3 is 10.1 Å². The van der Waals surface area contributed by atoms with E-state index in [9.17, 15) is 9.59 Å². The van der Waals surface area contributed by atoms with Gasteiger partial charge in [-0.3, -0.25) is 9.59 Å². The van der Waals surface area contributed by atoms with Crippen LogP contribution in [0, 0.1) is 40.9 Å². The highest BCUT2D eigenvalue weighted by atomic mass is 16.6. The van der Waals surface area contributed by atoms with Crippen LogP contribution < -0.4 is 5.32 Å². The summed E-state index contributed by atoms with van der Waals surface area (Å²) < 4.78 is 5.75. The van der Waals surface area contributed by atoms with Gasteiger partial charge >= 0.3 is 5.97 Å². The van der Waals surface area contributed by atoms with E-state index in [0.29, 0.717) is 30.7 Å². The van der Waals surface area contributed by atoms with Crippen LogP contribution in [0.4, 0.5) is 0 Å². The molecule has 0 aromatic heterocycles. The van der Waals surface area contributed by atoms with E-state index in [2.05, 4.69) is 25.1 Å². The Hall–Kier alpha value is -1.50. The van der Waals surface area contributed by atoms with Crippen molar-refractivity contribution in [2.75, 3.05) is 6.54 Å². The van der Waals surface area contributed by atoms with Crippen LogP contribution in [0.5, 0.6) is 0 Å². The average Bonchev–Trinajstić information content (AvgIpc) is 2.56. The molecule has 4 aliphatic rings. The van der Waals surface area contributed by atoms with Gasteiger partial charge in [0.1, 0.15) is 5.60 Å². The molecule has 4 heteroatoms. The molecule has 4 rings (SSSR count). The van der Waals surface area contributed by atoms with Crippen molar-refractivity contribution in [1.29, 1.82) is 0 Å². The Bertz CT molecular complexity index is 667. The van der Waals surface area contributed by atoms with Crippen LogP contribution in [0.25, 0.3) is 0 Å². The maximum atomic E-state index is 12.4. The molecule has 3 aliphatic carbocycles. The van der Waals surface area contributed by atoms with Crippen LogP contribution in [0.15, 0.2) is 0 Å². The number of rotatable bonds is 2. The lowest BCUT2D eigenvalue weighted by molar-refractivity contribution is -0.221. The van der Waals surface area contributed by atoms with E-state index in [-0.39, 0.29) is 28.3 Å². The van der Waals surface area contributed by atoms with Crippen molar-refractivity contribution in [3.8, 4) is 12.3 Å². The lowest BCUT2D eigenvalue weighted by Gasteiger charge is -2.65. The third kappa shape index (κ3) is 2.66. The summed E-state index contributed by atoms with van der Waals surface area (Å²) in [7, 11) is 0. The molecular weight excluding hydrogens is 326 g/mol. The molecule has 1 N–H and O–H groups in total. The van der Waals surface area contributed by atoms with Gasteiger partial charge in [0.05, 0.1) is 6.42 Å². The number of fused-ring (bicyclic) bond motifs is 3. The third-order valence-electron chi connectivity index (χ3n) is 8.40. The lowest BCUT2D eigenvalue weighted by atomic mass is 9.41. The van der Waals surface area contributed by atoms with Gasteiger partial charge in [0.15, 0.2) is 0 Å². The molecule has 0 aromatic rings. The largest absolute Gasteiger partial charge is 0.459 e. The zero-order valence-electron chi connectivity index (χ0n) is 16.1. The Morgan fingerprint density at radius 2 is 2.08 bits per heavy atom. The predicted molar refractivity (Wildman–Crippen MR) is 98.9 cm³/mol. The summed E-state index contributed by atoms with van der Waals surface area (Å²) in [6, 6.07) is 0. The van der Waals surface area contributed by atoms with Crippen molar-refractivity contribution in [1.82, 2.24) is 5.32 Å². The second-order valence-electron chi connectivity index (χ2n) is 9.89. The number of carbonyl (C=O) groups is 2. The van der Waals surface area contributed by atoms with Crippen molar-refractivity contribution in [3.05, 3.63) is 0 Å². The minimum Gasteiger partial charge on any atom is -0.459 e. The quantitative estimate of drug-likeness (QED) is 0.608. The number of hydrogen-bond acceptors (Lipinski definition) is 3. The van der Waals surface area contributed by atoms with Gasteiger partial charge in [-0.25, -0.2) is 0 Å². The second-order valence-corrected chi connectivity index (χ2v) is 9.89. The second kappa shape index (κ2) is 6.01. The molecule has 6 atom stereocenters. The van der Waals surface area contributed by atoms with Gasteiger partial charge in [0.25, 0.3) is 5.91 Å². The Kier molecular flexibility index (Phi) is 4.13. The number of nitrogens with one attached hydrogen (secondary N) is 1. The monoisotopic (exact) mass is 357 g/mol. The molecule has 142 valence electrons. The highest BCUT2D eigenvalue weighted by Gasteiger charge is 2.63. The Morgan fingerprint density at radius 3 is 2.85 bits per heavy atom. The van der Waals surface area contributed by atoms with Crippen molar-refractivity contribution >= 4 is 11.9 Å². The zero-order valence-corrected chi connectivity index (χ0v) is 16.1. The summed E-state index contributed by atoms with van der Waals surface area (Å²) in [5.74, 6) is 3.60. The molecule has 1 saturated heterocycles. The van der Waals surface area contributed by atoms with Crippen LogP contribution in [-0.2, 0) is 14.3 Å². The van der Waals surface area contributed by atoms with Crippen LogP contribution in [0.2, 0.25) is 0 Å². The third-order valence-corrected chi connectivity index (χ3v) is 8.40. The summed E-state index contributed by atoms with van der Waals surface area (Å²) in [6.07, 6.45) is 14.9. The van der Waals surface area contributed by atoms with Gasteiger partial charge in [-0.2, -0.15) is 0 Å². The van der Waals surface area contributed by atoms with Crippen molar-refractivity contribution in [2.24, 2.45) is 28.6 Å². The normalized spacial score (nSPS) is 47.0. The van der Waals surface area contributed by atoms with Gasteiger partial charge in [0.2, 0.25) is 0 Å². The maximum Gasteiger partial charge on any atom is 0.306 e. The van der Waals surface area contributed by atoms with Gasteiger partial charge in [-0.05, 0) is 86.4 Å².